The molecule has 4 aliphatic rings. The minimum absolute atomic E-state index is 0.290. The molecule has 5 atom stereocenters. The second-order valence-corrected chi connectivity index (χ2v) is 7.92. The van der Waals surface area contributed by atoms with Gasteiger partial charge in [0.15, 0.2) is 0 Å². The van der Waals surface area contributed by atoms with Crippen LogP contribution in [-0.4, -0.2) is 55.7 Å². The first kappa shape index (κ1) is 16.7. The highest BCUT2D eigenvalue weighted by Crippen LogP contribution is 2.52. The van der Waals surface area contributed by atoms with Crippen LogP contribution in [0.5, 0.6) is 0 Å². The van der Waals surface area contributed by atoms with E-state index in [1.807, 2.05) is 6.92 Å². The summed E-state index contributed by atoms with van der Waals surface area (Å²) >= 11 is 0. The van der Waals surface area contributed by atoms with E-state index in [0.29, 0.717) is 42.9 Å². The number of alkyl carbamates (subject to hydrolysis) is 1. The van der Waals surface area contributed by atoms with Gasteiger partial charge in [-0.05, 0) is 56.2 Å². The molecule has 0 aromatic rings. The van der Waals surface area contributed by atoms with Gasteiger partial charge < -0.3 is 19.9 Å². The Bertz CT molecular complexity index is 639. The van der Waals surface area contributed by atoms with Crippen LogP contribution in [0.2, 0.25) is 0 Å². The summed E-state index contributed by atoms with van der Waals surface area (Å²) in [6.07, 6.45) is 11.4. The number of hydrogen-bond acceptors (Lipinski definition) is 4. The maximum absolute atomic E-state index is 11.6. The zero-order valence-corrected chi connectivity index (χ0v) is 15.4. The molecule has 2 heterocycles. The van der Waals surface area contributed by atoms with Gasteiger partial charge in [-0.15, -0.1) is 0 Å². The first-order valence-corrected chi connectivity index (χ1v) is 9.51. The Kier molecular flexibility index (Phi) is 4.36. The highest BCUT2D eigenvalue weighted by atomic mass is 16.5. The van der Waals surface area contributed by atoms with Crippen molar-refractivity contribution >= 4 is 6.09 Å². The fraction of sp³-hybridized carbons (Fsp3) is 0.650. The molecule has 5 heteroatoms. The molecule has 1 amide bonds. The number of piperidine rings is 1. The van der Waals surface area contributed by atoms with Crippen molar-refractivity contribution < 1.29 is 9.53 Å². The second-order valence-electron chi connectivity index (χ2n) is 7.92. The van der Waals surface area contributed by atoms with Gasteiger partial charge in [-0.2, -0.15) is 0 Å². The Labute approximate surface area is 150 Å². The van der Waals surface area contributed by atoms with Gasteiger partial charge in [0.2, 0.25) is 0 Å². The van der Waals surface area contributed by atoms with E-state index in [2.05, 4.69) is 53.6 Å². The number of likely N-dealkylation sites (tertiary alicyclic amines) is 1. The van der Waals surface area contributed by atoms with E-state index in [9.17, 15) is 4.79 Å². The van der Waals surface area contributed by atoms with E-state index < -0.39 is 0 Å². The van der Waals surface area contributed by atoms with Crippen LogP contribution in [0.15, 0.2) is 35.7 Å². The Morgan fingerprint density at radius 1 is 1.40 bits per heavy atom. The molecule has 5 nitrogen and oxygen atoms in total. The number of carbonyl (C=O) groups is 1. The van der Waals surface area contributed by atoms with E-state index in [4.69, 9.17) is 4.74 Å². The molecular weight excluding hydrogens is 314 g/mol. The molecule has 0 aromatic carbocycles. The molecule has 2 fully saturated rings. The number of allylic oxidation sites excluding steroid dienone is 4. The number of amides is 1. The smallest absolute Gasteiger partial charge is 0.407 e. The molecule has 1 saturated carbocycles. The number of nitrogens with one attached hydrogen (secondary N) is 1. The number of fused-ring (bicyclic) bond motifs is 2. The van der Waals surface area contributed by atoms with E-state index in [-0.39, 0.29) is 6.09 Å². The summed E-state index contributed by atoms with van der Waals surface area (Å²) in [4.78, 5) is 16.5. The number of carbonyl (C=O) groups excluding carboxylic acids is 1. The Hall–Kier alpha value is -1.75. The molecule has 2 aliphatic heterocycles. The molecule has 2 aliphatic carbocycles. The number of rotatable bonds is 3. The lowest BCUT2D eigenvalue weighted by atomic mass is 9.61. The van der Waals surface area contributed by atoms with Gasteiger partial charge in [0.1, 0.15) is 0 Å². The predicted molar refractivity (Wildman–Crippen MR) is 97.7 cm³/mol. The molecule has 0 radical (unpaired) electrons. The zero-order valence-electron chi connectivity index (χ0n) is 15.4. The summed E-state index contributed by atoms with van der Waals surface area (Å²) in [6, 6.07) is 0.613. The SMILES string of the molecule is CCOC(=O)NC[C@@H]1C[C@@H]2C3C=CC=C4C3C(=CN4C)C[C@H]2N(C)C1. The van der Waals surface area contributed by atoms with Gasteiger partial charge in [0.05, 0.1) is 6.61 Å². The summed E-state index contributed by atoms with van der Waals surface area (Å²) < 4.78 is 5.01. The molecular formula is C20H29N3O2. The van der Waals surface area contributed by atoms with Crippen molar-refractivity contribution in [3.63, 3.8) is 0 Å². The maximum atomic E-state index is 11.6. The van der Waals surface area contributed by atoms with Gasteiger partial charge >= 0.3 is 6.09 Å². The third-order valence-corrected chi connectivity index (χ3v) is 6.43. The van der Waals surface area contributed by atoms with E-state index in [1.54, 1.807) is 5.57 Å². The first-order chi connectivity index (χ1) is 12.1. The summed E-state index contributed by atoms with van der Waals surface area (Å²) in [5.74, 6) is 2.30. The van der Waals surface area contributed by atoms with Gasteiger partial charge in [0, 0.05) is 44.0 Å². The molecule has 4 rings (SSSR count). The third-order valence-electron chi connectivity index (χ3n) is 6.43. The van der Waals surface area contributed by atoms with Crippen molar-refractivity contribution in [2.45, 2.75) is 25.8 Å². The third kappa shape index (κ3) is 2.88. The van der Waals surface area contributed by atoms with Gasteiger partial charge in [0.25, 0.3) is 0 Å². The Morgan fingerprint density at radius 2 is 2.24 bits per heavy atom. The van der Waals surface area contributed by atoms with Gasteiger partial charge in [-0.1, -0.05) is 12.2 Å². The zero-order chi connectivity index (χ0) is 17.6. The van der Waals surface area contributed by atoms with Crippen LogP contribution in [0.3, 0.4) is 0 Å². The Balaban J connectivity index is 1.49. The maximum Gasteiger partial charge on any atom is 0.407 e. The normalized spacial score (nSPS) is 36.3. The van der Waals surface area contributed by atoms with Crippen LogP contribution < -0.4 is 5.32 Å². The summed E-state index contributed by atoms with van der Waals surface area (Å²) in [5.41, 5.74) is 3.05. The van der Waals surface area contributed by atoms with E-state index in [0.717, 1.165) is 6.54 Å². The van der Waals surface area contributed by atoms with Crippen molar-refractivity contribution in [2.24, 2.45) is 23.7 Å². The Morgan fingerprint density at radius 3 is 3.04 bits per heavy atom. The van der Waals surface area contributed by atoms with Crippen LogP contribution in [-0.2, 0) is 4.74 Å². The lowest BCUT2D eigenvalue weighted by Gasteiger charge is -2.51. The number of nitrogens with zero attached hydrogens (tertiary/aromatic N) is 2. The molecule has 1 N–H and O–H groups in total. The molecule has 2 unspecified atom stereocenters. The minimum atomic E-state index is -0.290. The number of hydrogen-bond donors (Lipinski definition) is 1. The minimum Gasteiger partial charge on any atom is -0.450 e. The summed E-state index contributed by atoms with van der Waals surface area (Å²) in [6.45, 7) is 4.01. The quantitative estimate of drug-likeness (QED) is 0.855. The fourth-order valence-corrected chi connectivity index (χ4v) is 5.45. The van der Waals surface area contributed by atoms with Gasteiger partial charge in [-0.3, -0.25) is 0 Å². The number of ether oxygens (including phenoxy) is 1. The van der Waals surface area contributed by atoms with Crippen LogP contribution in [0.1, 0.15) is 19.8 Å². The van der Waals surface area contributed by atoms with Crippen LogP contribution in [0.25, 0.3) is 0 Å². The van der Waals surface area contributed by atoms with E-state index >= 15 is 0 Å². The monoisotopic (exact) mass is 343 g/mol. The summed E-state index contributed by atoms with van der Waals surface area (Å²) in [7, 11) is 4.42. The van der Waals surface area contributed by atoms with Crippen LogP contribution in [0, 0.1) is 23.7 Å². The molecule has 25 heavy (non-hydrogen) atoms. The van der Waals surface area contributed by atoms with Crippen molar-refractivity contribution in [2.75, 3.05) is 33.8 Å². The van der Waals surface area contributed by atoms with Crippen molar-refractivity contribution in [3.8, 4) is 0 Å². The van der Waals surface area contributed by atoms with Crippen LogP contribution >= 0.6 is 0 Å². The standard InChI is InChI=1S/C20H29N3O2/c1-4-25-20(24)21-10-13-8-16-15-6-5-7-17-19(15)14(12-23(17)3)9-18(16)22(2)11-13/h5-7,12-13,15-16,18-19H,4,8-11H2,1-3H3,(H,21,24)/t13-,15?,16+,18+,19?/m0/s1. The second kappa shape index (κ2) is 6.52. The largest absolute Gasteiger partial charge is 0.450 e. The van der Waals surface area contributed by atoms with Crippen molar-refractivity contribution in [1.82, 2.24) is 15.1 Å². The van der Waals surface area contributed by atoms with Crippen molar-refractivity contribution in [3.05, 3.63) is 35.7 Å². The molecule has 0 bridgehead atoms. The van der Waals surface area contributed by atoms with Gasteiger partial charge in [-0.25, -0.2) is 4.79 Å². The first-order valence-electron chi connectivity index (χ1n) is 9.51. The lowest BCUT2D eigenvalue weighted by Crippen LogP contribution is -2.54. The average Bonchev–Trinajstić information content (AvgIpc) is 2.92. The topological polar surface area (TPSA) is 44.8 Å². The average molecular weight is 343 g/mol. The molecule has 1 saturated heterocycles. The predicted octanol–water partition coefficient (Wildman–Crippen LogP) is 2.59. The highest BCUT2D eigenvalue weighted by Gasteiger charge is 2.49. The fourth-order valence-electron chi connectivity index (χ4n) is 5.45. The highest BCUT2D eigenvalue weighted by molar-refractivity contribution is 5.67. The summed E-state index contributed by atoms with van der Waals surface area (Å²) in [5, 5.41) is 2.94. The molecule has 0 spiro atoms. The van der Waals surface area contributed by atoms with Crippen molar-refractivity contribution in [1.29, 1.82) is 0 Å². The lowest BCUT2D eigenvalue weighted by molar-refractivity contribution is 0.0298. The van der Waals surface area contributed by atoms with Crippen LogP contribution in [0.4, 0.5) is 4.79 Å². The molecule has 0 aromatic heterocycles. The van der Waals surface area contributed by atoms with E-state index in [1.165, 1.54) is 18.5 Å². The molecule has 136 valence electrons.